The van der Waals surface area contributed by atoms with Crippen molar-refractivity contribution >= 4 is 17.3 Å². The zero-order valence-corrected chi connectivity index (χ0v) is 12.5. The molecule has 0 atom stereocenters. The van der Waals surface area contributed by atoms with Crippen LogP contribution in [-0.2, 0) is 11.3 Å². The van der Waals surface area contributed by atoms with Gasteiger partial charge in [0.1, 0.15) is 11.3 Å². The summed E-state index contributed by atoms with van der Waals surface area (Å²) in [6, 6.07) is 12.4. The van der Waals surface area contributed by atoms with E-state index in [-0.39, 0.29) is 11.5 Å². The summed E-state index contributed by atoms with van der Waals surface area (Å²) in [5.41, 5.74) is 2.30. The van der Waals surface area contributed by atoms with Crippen molar-refractivity contribution in [2.45, 2.75) is 6.54 Å². The number of hydrogen-bond donors (Lipinski definition) is 1. The standard InChI is InChI=1S/C17H15N3O3/c1-23-17(22)13-7-5-12(6-8-13)10-18-14-11-19-15-4-2-3-9-20(15)16(14)21/h2-9,11,18H,10H2,1H3. The number of methoxy groups -OCH3 is 1. The van der Waals surface area contributed by atoms with Gasteiger partial charge in [0, 0.05) is 12.7 Å². The van der Waals surface area contributed by atoms with Crippen molar-refractivity contribution in [2.24, 2.45) is 0 Å². The van der Waals surface area contributed by atoms with Gasteiger partial charge in [-0.2, -0.15) is 0 Å². The average molecular weight is 309 g/mol. The van der Waals surface area contributed by atoms with Crippen LogP contribution in [0.3, 0.4) is 0 Å². The fourth-order valence-electron chi connectivity index (χ4n) is 2.22. The van der Waals surface area contributed by atoms with Crippen LogP contribution < -0.4 is 10.9 Å². The number of hydrogen-bond acceptors (Lipinski definition) is 5. The molecule has 116 valence electrons. The van der Waals surface area contributed by atoms with Crippen molar-refractivity contribution in [1.29, 1.82) is 0 Å². The summed E-state index contributed by atoms with van der Waals surface area (Å²) in [4.78, 5) is 28.0. The Hall–Kier alpha value is -3.15. The predicted octanol–water partition coefficient (Wildman–Crippen LogP) is 2.09. The molecule has 0 saturated carbocycles. The van der Waals surface area contributed by atoms with E-state index in [9.17, 15) is 9.59 Å². The van der Waals surface area contributed by atoms with E-state index >= 15 is 0 Å². The molecule has 3 rings (SSSR count). The van der Waals surface area contributed by atoms with Gasteiger partial charge in [-0.1, -0.05) is 18.2 Å². The maximum Gasteiger partial charge on any atom is 0.337 e. The first-order valence-electron chi connectivity index (χ1n) is 7.06. The fourth-order valence-corrected chi connectivity index (χ4v) is 2.22. The van der Waals surface area contributed by atoms with E-state index in [2.05, 4.69) is 15.0 Å². The zero-order chi connectivity index (χ0) is 16.2. The molecule has 2 aromatic heterocycles. The number of aromatic nitrogens is 2. The van der Waals surface area contributed by atoms with E-state index < -0.39 is 0 Å². The van der Waals surface area contributed by atoms with Crippen LogP contribution in [0, 0.1) is 0 Å². The van der Waals surface area contributed by atoms with E-state index in [0.717, 1.165) is 5.56 Å². The smallest absolute Gasteiger partial charge is 0.337 e. The number of esters is 1. The van der Waals surface area contributed by atoms with Gasteiger partial charge in [0.15, 0.2) is 0 Å². The number of benzene rings is 1. The van der Waals surface area contributed by atoms with E-state index in [4.69, 9.17) is 0 Å². The summed E-state index contributed by atoms with van der Waals surface area (Å²) in [6.07, 6.45) is 3.21. The summed E-state index contributed by atoms with van der Waals surface area (Å²) < 4.78 is 6.14. The van der Waals surface area contributed by atoms with Crippen molar-refractivity contribution in [3.8, 4) is 0 Å². The maximum atomic E-state index is 12.3. The fraction of sp³-hybridized carbons (Fsp3) is 0.118. The molecule has 2 heterocycles. The highest BCUT2D eigenvalue weighted by Gasteiger charge is 2.06. The average Bonchev–Trinajstić information content (AvgIpc) is 2.61. The number of carbonyl (C=O) groups is 1. The highest BCUT2D eigenvalue weighted by Crippen LogP contribution is 2.08. The number of carbonyl (C=O) groups excluding carboxylic acids is 1. The molecule has 0 aliphatic heterocycles. The number of nitrogens with zero attached hydrogens (tertiary/aromatic N) is 2. The molecule has 0 bridgehead atoms. The number of pyridine rings is 1. The van der Waals surface area contributed by atoms with Crippen molar-refractivity contribution < 1.29 is 9.53 Å². The summed E-state index contributed by atoms with van der Waals surface area (Å²) in [7, 11) is 1.35. The Bertz CT molecular complexity index is 901. The molecule has 0 radical (unpaired) electrons. The highest BCUT2D eigenvalue weighted by atomic mass is 16.5. The Morgan fingerprint density at radius 2 is 2.00 bits per heavy atom. The lowest BCUT2D eigenvalue weighted by molar-refractivity contribution is 0.0600. The minimum Gasteiger partial charge on any atom is -0.465 e. The minimum absolute atomic E-state index is 0.151. The quantitative estimate of drug-likeness (QED) is 0.747. The molecular formula is C17H15N3O3. The molecule has 0 aliphatic rings. The van der Waals surface area contributed by atoms with E-state index in [1.807, 2.05) is 18.2 Å². The van der Waals surface area contributed by atoms with Crippen molar-refractivity contribution in [2.75, 3.05) is 12.4 Å². The lowest BCUT2D eigenvalue weighted by Crippen LogP contribution is -2.19. The Balaban J connectivity index is 1.77. The molecule has 3 aromatic rings. The summed E-state index contributed by atoms with van der Waals surface area (Å²) in [5.74, 6) is -0.374. The van der Waals surface area contributed by atoms with E-state index in [0.29, 0.717) is 23.4 Å². The molecule has 0 aliphatic carbocycles. The van der Waals surface area contributed by atoms with Gasteiger partial charge in [-0.15, -0.1) is 0 Å². The lowest BCUT2D eigenvalue weighted by atomic mass is 10.1. The third-order valence-corrected chi connectivity index (χ3v) is 3.47. The second-order valence-corrected chi connectivity index (χ2v) is 4.95. The SMILES string of the molecule is COC(=O)c1ccc(CNc2cnc3ccccn3c2=O)cc1. The zero-order valence-electron chi connectivity index (χ0n) is 12.5. The molecule has 0 saturated heterocycles. The number of anilines is 1. The van der Waals surface area contributed by atoms with Gasteiger partial charge >= 0.3 is 5.97 Å². The van der Waals surface area contributed by atoms with Crippen LogP contribution in [0.25, 0.3) is 5.65 Å². The largest absolute Gasteiger partial charge is 0.465 e. The second kappa shape index (κ2) is 6.31. The molecule has 1 N–H and O–H groups in total. The second-order valence-electron chi connectivity index (χ2n) is 4.95. The van der Waals surface area contributed by atoms with Crippen LogP contribution in [-0.4, -0.2) is 22.5 Å². The Kier molecular flexibility index (Phi) is 4.05. The van der Waals surface area contributed by atoms with Gasteiger partial charge < -0.3 is 10.1 Å². The van der Waals surface area contributed by atoms with Crippen molar-refractivity contribution in [1.82, 2.24) is 9.38 Å². The van der Waals surface area contributed by atoms with Gasteiger partial charge in [0.2, 0.25) is 0 Å². The number of ether oxygens (including phenoxy) is 1. The molecular weight excluding hydrogens is 294 g/mol. The van der Waals surface area contributed by atoms with Crippen LogP contribution in [0.4, 0.5) is 5.69 Å². The van der Waals surface area contributed by atoms with Gasteiger partial charge in [-0.25, -0.2) is 9.78 Å². The van der Waals surface area contributed by atoms with Gasteiger partial charge in [0.25, 0.3) is 5.56 Å². The minimum atomic E-state index is -0.374. The summed E-state index contributed by atoms with van der Waals surface area (Å²) in [5, 5.41) is 3.07. The first-order chi connectivity index (χ1) is 11.2. The maximum absolute atomic E-state index is 12.3. The first kappa shape index (κ1) is 14.8. The van der Waals surface area contributed by atoms with Gasteiger partial charge in [-0.3, -0.25) is 9.20 Å². The van der Waals surface area contributed by atoms with Crippen LogP contribution in [0.1, 0.15) is 15.9 Å². The van der Waals surface area contributed by atoms with E-state index in [1.165, 1.54) is 17.7 Å². The van der Waals surface area contributed by atoms with E-state index in [1.54, 1.807) is 30.5 Å². The predicted molar refractivity (Wildman–Crippen MR) is 86.6 cm³/mol. The van der Waals surface area contributed by atoms with Crippen LogP contribution in [0.15, 0.2) is 59.7 Å². The normalized spacial score (nSPS) is 10.5. The van der Waals surface area contributed by atoms with Crippen molar-refractivity contribution in [3.05, 3.63) is 76.3 Å². The molecule has 1 aromatic carbocycles. The monoisotopic (exact) mass is 309 g/mol. The molecule has 6 nitrogen and oxygen atoms in total. The third-order valence-electron chi connectivity index (χ3n) is 3.47. The molecule has 6 heteroatoms. The lowest BCUT2D eigenvalue weighted by Gasteiger charge is -2.08. The molecule has 23 heavy (non-hydrogen) atoms. The number of fused-ring (bicyclic) bond motifs is 1. The molecule has 0 spiro atoms. The summed E-state index contributed by atoms with van der Waals surface area (Å²) in [6.45, 7) is 0.456. The third kappa shape index (κ3) is 3.06. The molecule has 0 fully saturated rings. The Morgan fingerprint density at radius 3 is 2.74 bits per heavy atom. The molecule has 0 unspecified atom stereocenters. The van der Waals surface area contributed by atoms with Crippen molar-refractivity contribution in [3.63, 3.8) is 0 Å². The number of rotatable bonds is 4. The number of nitrogens with one attached hydrogen (secondary N) is 1. The first-order valence-corrected chi connectivity index (χ1v) is 7.06. The van der Waals surface area contributed by atoms with Gasteiger partial charge in [-0.05, 0) is 29.8 Å². The highest BCUT2D eigenvalue weighted by molar-refractivity contribution is 5.89. The topological polar surface area (TPSA) is 72.7 Å². The van der Waals surface area contributed by atoms with Gasteiger partial charge in [0.05, 0.1) is 18.9 Å². The van der Waals surface area contributed by atoms with Crippen LogP contribution >= 0.6 is 0 Å². The Morgan fingerprint density at radius 1 is 1.22 bits per heavy atom. The summed E-state index contributed by atoms with van der Waals surface area (Å²) >= 11 is 0. The van der Waals surface area contributed by atoms with Crippen LogP contribution in [0.2, 0.25) is 0 Å². The van der Waals surface area contributed by atoms with Crippen LogP contribution in [0.5, 0.6) is 0 Å². The molecule has 0 amide bonds. The Labute approximate surface area is 132 Å².